The van der Waals surface area contributed by atoms with Crippen LogP contribution in [-0.4, -0.2) is 21.7 Å². The Morgan fingerprint density at radius 3 is 2.85 bits per heavy atom. The van der Waals surface area contributed by atoms with E-state index in [0.717, 1.165) is 28.2 Å². The fourth-order valence-corrected chi connectivity index (χ4v) is 3.35. The number of carbonyl (C=O) groups excluding carboxylic acids is 1. The van der Waals surface area contributed by atoms with Crippen LogP contribution in [0.2, 0.25) is 0 Å². The molecule has 0 fully saturated rings. The van der Waals surface area contributed by atoms with E-state index in [2.05, 4.69) is 27.6 Å². The second-order valence-corrected chi connectivity index (χ2v) is 6.69. The molecule has 0 aliphatic rings. The van der Waals surface area contributed by atoms with Crippen molar-refractivity contribution >= 4 is 34.0 Å². The lowest BCUT2D eigenvalue weighted by atomic mass is 10.2. The lowest BCUT2D eigenvalue weighted by molar-refractivity contribution is -0.117. The van der Waals surface area contributed by atoms with Crippen LogP contribution in [0, 0.1) is 0 Å². The van der Waals surface area contributed by atoms with Gasteiger partial charge in [0.2, 0.25) is 5.13 Å². The average Bonchev–Trinajstić information content (AvgIpc) is 2.90. The number of hydrogen-bond acceptors (Lipinski definition) is 6. The summed E-state index contributed by atoms with van der Waals surface area (Å²) in [5.41, 5.74) is 1.22. The van der Waals surface area contributed by atoms with Crippen molar-refractivity contribution in [2.75, 3.05) is 11.1 Å². The van der Waals surface area contributed by atoms with Gasteiger partial charge in [-0.05, 0) is 18.9 Å². The molecular formula is C14H17N3OS2. The van der Waals surface area contributed by atoms with E-state index >= 15 is 0 Å². The molecule has 0 radical (unpaired) electrons. The van der Waals surface area contributed by atoms with E-state index < -0.39 is 0 Å². The summed E-state index contributed by atoms with van der Waals surface area (Å²) in [5, 5.41) is 12.3. The van der Waals surface area contributed by atoms with Crippen LogP contribution in [0.4, 0.5) is 5.13 Å². The van der Waals surface area contributed by atoms with E-state index in [0.29, 0.717) is 6.42 Å². The predicted octanol–water partition coefficient (Wildman–Crippen LogP) is 3.61. The number of nitrogens with zero attached hydrogens (tertiary/aromatic N) is 2. The lowest BCUT2D eigenvalue weighted by Gasteiger charge is -2.00. The highest BCUT2D eigenvalue weighted by molar-refractivity contribution is 8.01. The summed E-state index contributed by atoms with van der Waals surface area (Å²) in [7, 11) is 0. The Hall–Kier alpha value is -1.40. The zero-order valence-electron chi connectivity index (χ0n) is 11.3. The van der Waals surface area contributed by atoms with Crippen LogP contribution in [0.3, 0.4) is 0 Å². The fraction of sp³-hybridized carbons (Fsp3) is 0.357. The van der Waals surface area contributed by atoms with E-state index in [-0.39, 0.29) is 5.78 Å². The molecule has 1 aromatic heterocycles. The van der Waals surface area contributed by atoms with Crippen LogP contribution in [0.15, 0.2) is 34.7 Å². The Kier molecular flexibility index (Phi) is 6.01. The summed E-state index contributed by atoms with van der Waals surface area (Å²) in [6.07, 6.45) is 1.54. The van der Waals surface area contributed by atoms with Crippen LogP contribution < -0.4 is 5.32 Å². The summed E-state index contributed by atoms with van der Waals surface area (Å²) < 4.78 is 0.948. The number of benzene rings is 1. The van der Waals surface area contributed by atoms with Crippen LogP contribution in [0.25, 0.3) is 0 Å². The lowest BCUT2D eigenvalue weighted by Crippen LogP contribution is -1.98. The quantitative estimate of drug-likeness (QED) is 0.596. The normalized spacial score (nSPS) is 10.4. The smallest absolute Gasteiger partial charge is 0.206 e. The molecule has 20 heavy (non-hydrogen) atoms. The molecule has 2 aromatic rings. The molecule has 0 aliphatic carbocycles. The molecule has 0 bridgehead atoms. The first-order valence-electron chi connectivity index (χ1n) is 6.47. The van der Waals surface area contributed by atoms with Gasteiger partial charge in [0.25, 0.3) is 0 Å². The van der Waals surface area contributed by atoms with Gasteiger partial charge in [0.15, 0.2) is 4.34 Å². The maximum absolute atomic E-state index is 10.8. The van der Waals surface area contributed by atoms with E-state index in [1.165, 1.54) is 5.56 Å². The van der Waals surface area contributed by atoms with Crippen LogP contribution >= 0.6 is 23.1 Å². The molecule has 106 valence electrons. The number of carbonyl (C=O) groups is 1. The molecular weight excluding hydrogens is 290 g/mol. The second kappa shape index (κ2) is 8.01. The van der Waals surface area contributed by atoms with Crippen molar-refractivity contribution in [3.63, 3.8) is 0 Å². The van der Waals surface area contributed by atoms with Gasteiger partial charge in [0.05, 0.1) is 0 Å². The third-order valence-corrected chi connectivity index (χ3v) is 4.69. The fourth-order valence-electron chi connectivity index (χ4n) is 1.59. The van der Waals surface area contributed by atoms with E-state index in [4.69, 9.17) is 0 Å². The van der Waals surface area contributed by atoms with Crippen molar-refractivity contribution in [2.45, 2.75) is 30.6 Å². The number of rotatable bonds is 8. The monoisotopic (exact) mass is 307 g/mol. The van der Waals surface area contributed by atoms with Crippen molar-refractivity contribution in [1.29, 1.82) is 0 Å². The summed E-state index contributed by atoms with van der Waals surface area (Å²) >= 11 is 3.21. The Balaban J connectivity index is 1.73. The van der Waals surface area contributed by atoms with Gasteiger partial charge in [-0.3, -0.25) is 0 Å². The summed E-state index contributed by atoms with van der Waals surface area (Å²) in [6, 6.07) is 10.2. The first kappa shape index (κ1) is 15.0. The molecule has 1 aromatic carbocycles. The maximum atomic E-state index is 10.8. The van der Waals surface area contributed by atoms with Gasteiger partial charge in [-0.2, -0.15) is 0 Å². The largest absolute Gasteiger partial charge is 0.356 e. The zero-order chi connectivity index (χ0) is 14.2. The molecule has 1 heterocycles. The van der Waals surface area contributed by atoms with Crippen LogP contribution in [0.5, 0.6) is 0 Å². The number of Topliss-reactive ketones (excluding diaryl/α,β-unsaturated/α-hetero) is 1. The molecule has 0 saturated heterocycles. The van der Waals surface area contributed by atoms with Gasteiger partial charge in [-0.1, -0.05) is 53.4 Å². The first-order chi connectivity index (χ1) is 9.74. The van der Waals surface area contributed by atoms with Crippen molar-refractivity contribution in [3.8, 4) is 0 Å². The molecule has 4 nitrogen and oxygen atoms in total. The molecule has 0 unspecified atom stereocenters. The number of nitrogens with one attached hydrogen (secondary N) is 1. The van der Waals surface area contributed by atoms with Gasteiger partial charge in [0, 0.05) is 18.7 Å². The predicted molar refractivity (Wildman–Crippen MR) is 84.3 cm³/mol. The van der Waals surface area contributed by atoms with Crippen molar-refractivity contribution in [2.24, 2.45) is 0 Å². The molecule has 6 heteroatoms. The number of hydrogen-bond donors (Lipinski definition) is 1. The highest BCUT2D eigenvalue weighted by Gasteiger charge is 2.04. The summed E-state index contributed by atoms with van der Waals surface area (Å²) in [6.45, 7) is 2.38. The van der Waals surface area contributed by atoms with Crippen molar-refractivity contribution in [3.05, 3.63) is 35.9 Å². The average molecular weight is 307 g/mol. The van der Waals surface area contributed by atoms with Gasteiger partial charge in [-0.25, -0.2) is 0 Å². The van der Waals surface area contributed by atoms with Crippen molar-refractivity contribution < 1.29 is 4.79 Å². The molecule has 2 rings (SSSR count). The van der Waals surface area contributed by atoms with E-state index in [9.17, 15) is 4.79 Å². The van der Waals surface area contributed by atoms with Crippen LogP contribution in [0.1, 0.15) is 25.3 Å². The number of ketones is 1. The minimum absolute atomic E-state index is 0.244. The number of thioether (sulfide) groups is 1. The highest BCUT2D eigenvalue weighted by Crippen LogP contribution is 2.26. The molecule has 0 amide bonds. The minimum Gasteiger partial charge on any atom is -0.356 e. The molecule has 0 saturated carbocycles. The van der Waals surface area contributed by atoms with Gasteiger partial charge in [0.1, 0.15) is 5.78 Å². The number of aromatic nitrogens is 2. The topological polar surface area (TPSA) is 54.9 Å². The van der Waals surface area contributed by atoms with Gasteiger partial charge < -0.3 is 10.1 Å². The van der Waals surface area contributed by atoms with Gasteiger partial charge >= 0.3 is 0 Å². The molecule has 1 N–H and O–H groups in total. The molecule has 0 aliphatic heterocycles. The SMILES string of the molecule is CC(=O)CCCSc1nnc(NCc2ccccc2)s1. The number of anilines is 1. The Bertz CT molecular complexity index is 542. The zero-order valence-corrected chi connectivity index (χ0v) is 13.0. The van der Waals surface area contributed by atoms with E-state index in [1.807, 2.05) is 18.2 Å². The van der Waals surface area contributed by atoms with Crippen LogP contribution in [-0.2, 0) is 11.3 Å². The minimum atomic E-state index is 0.244. The Labute approximate surface area is 127 Å². The third kappa shape index (κ3) is 5.30. The standard InChI is InChI=1S/C14H17N3OS2/c1-11(18)6-5-9-19-14-17-16-13(20-14)15-10-12-7-3-2-4-8-12/h2-4,7-8H,5-6,9-10H2,1H3,(H,15,16). The summed E-state index contributed by atoms with van der Waals surface area (Å²) in [4.78, 5) is 10.8. The third-order valence-electron chi connectivity index (χ3n) is 2.59. The summed E-state index contributed by atoms with van der Waals surface area (Å²) in [5.74, 6) is 1.15. The Morgan fingerprint density at radius 2 is 2.10 bits per heavy atom. The second-order valence-electron chi connectivity index (χ2n) is 4.37. The molecule has 0 atom stereocenters. The van der Waals surface area contributed by atoms with Crippen molar-refractivity contribution in [1.82, 2.24) is 10.2 Å². The van der Waals surface area contributed by atoms with Gasteiger partial charge in [-0.15, -0.1) is 10.2 Å². The molecule has 0 spiro atoms. The Morgan fingerprint density at radius 1 is 1.30 bits per heavy atom. The van der Waals surface area contributed by atoms with E-state index in [1.54, 1.807) is 30.0 Å². The highest BCUT2D eigenvalue weighted by atomic mass is 32.2. The maximum Gasteiger partial charge on any atom is 0.206 e. The first-order valence-corrected chi connectivity index (χ1v) is 8.28.